The molecule has 7 nitrogen and oxygen atoms in total. The summed E-state index contributed by atoms with van der Waals surface area (Å²) in [5, 5.41) is 0. The second kappa shape index (κ2) is 10.0. The average molecular weight is 527 g/mol. The van der Waals surface area contributed by atoms with E-state index in [2.05, 4.69) is 9.64 Å². The highest BCUT2D eigenvalue weighted by Gasteiger charge is 2.41. The molecule has 1 aliphatic heterocycles. The number of ether oxygens (including phenoxy) is 2. The number of benzene rings is 2. The Morgan fingerprint density at radius 3 is 2.25 bits per heavy atom. The number of piperazine rings is 1. The molecule has 1 saturated heterocycles. The topological polar surface area (TPSA) is 76.2 Å². The zero-order valence-electron chi connectivity index (χ0n) is 20.3. The van der Waals surface area contributed by atoms with Crippen LogP contribution in [0.5, 0.6) is 5.75 Å². The molecule has 3 atom stereocenters. The van der Waals surface area contributed by atoms with Crippen molar-refractivity contribution in [3.63, 3.8) is 0 Å². The van der Waals surface area contributed by atoms with Gasteiger partial charge in [-0.2, -0.15) is 4.31 Å². The van der Waals surface area contributed by atoms with Gasteiger partial charge in [-0.25, -0.2) is 8.42 Å². The largest absolute Gasteiger partial charge is 0.573 e. The number of hydrogen-bond donors (Lipinski definition) is 0. The lowest BCUT2D eigenvalue weighted by Gasteiger charge is -2.43. The standard InChI is InChI=1S/C25H29F3N2O5S/c1-16-13-29(15-18-7-9-21(10-8-18)35-25(26,27)28)14-17(2)30(16)36(32,33)23-6-4-5-19-11-20(12-22(19)23)24(31)34-3/h4-10,16-17,20H,11-15H2,1-3H3/t16?,17?,20-/m0/s1. The first kappa shape index (κ1) is 26.4. The lowest BCUT2D eigenvalue weighted by molar-refractivity contribution is -0.274. The molecule has 2 aromatic rings. The SMILES string of the molecule is COC(=O)[C@H]1Cc2cccc(S(=O)(=O)N3C(C)CN(Cc4ccc(OC(F)(F)F)cc4)CC3C)c2C1. The molecule has 0 bridgehead atoms. The zero-order chi connectivity index (χ0) is 26.3. The molecule has 0 spiro atoms. The Kier molecular flexibility index (Phi) is 7.36. The van der Waals surface area contributed by atoms with Gasteiger partial charge in [0.1, 0.15) is 5.75 Å². The van der Waals surface area contributed by atoms with E-state index in [1.807, 2.05) is 19.9 Å². The van der Waals surface area contributed by atoms with Gasteiger partial charge in [0.2, 0.25) is 10.0 Å². The summed E-state index contributed by atoms with van der Waals surface area (Å²) in [6, 6.07) is 10.2. The van der Waals surface area contributed by atoms with Crippen molar-refractivity contribution in [3.05, 3.63) is 59.2 Å². The predicted octanol–water partition coefficient (Wildman–Crippen LogP) is 3.76. The molecule has 1 aliphatic carbocycles. The van der Waals surface area contributed by atoms with Crippen molar-refractivity contribution >= 4 is 16.0 Å². The van der Waals surface area contributed by atoms with Gasteiger partial charge in [0.05, 0.1) is 17.9 Å². The smallest absolute Gasteiger partial charge is 0.469 e. The second-order valence-electron chi connectivity index (χ2n) is 9.44. The summed E-state index contributed by atoms with van der Waals surface area (Å²) in [7, 11) is -2.50. The van der Waals surface area contributed by atoms with Crippen LogP contribution in [0, 0.1) is 5.92 Å². The van der Waals surface area contributed by atoms with Gasteiger partial charge in [-0.05, 0) is 61.6 Å². The minimum absolute atomic E-state index is 0.235. The lowest BCUT2D eigenvalue weighted by Crippen LogP contribution is -2.58. The third-order valence-electron chi connectivity index (χ3n) is 6.71. The number of halogens is 3. The van der Waals surface area contributed by atoms with Crippen LogP contribution in [-0.4, -0.2) is 62.2 Å². The molecule has 11 heteroatoms. The molecule has 0 aromatic heterocycles. The van der Waals surface area contributed by atoms with E-state index >= 15 is 0 Å². The number of nitrogens with zero attached hydrogens (tertiary/aromatic N) is 2. The first-order valence-corrected chi connectivity index (χ1v) is 13.1. The number of methoxy groups -OCH3 is 1. The summed E-state index contributed by atoms with van der Waals surface area (Å²) in [6.07, 6.45) is -3.96. The molecule has 36 heavy (non-hydrogen) atoms. The first-order valence-electron chi connectivity index (χ1n) is 11.7. The lowest BCUT2D eigenvalue weighted by atomic mass is 10.1. The summed E-state index contributed by atoms with van der Waals surface area (Å²) in [6.45, 7) is 5.09. The van der Waals surface area contributed by atoms with Crippen molar-refractivity contribution in [1.29, 1.82) is 0 Å². The van der Waals surface area contributed by atoms with Crippen LogP contribution >= 0.6 is 0 Å². The number of rotatable bonds is 6. The molecule has 0 radical (unpaired) electrons. The Hall–Kier alpha value is -2.63. The summed E-state index contributed by atoms with van der Waals surface area (Å²) in [4.78, 5) is 14.4. The maximum Gasteiger partial charge on any atom is 0.573 e. The Bertz CT molecular complexity index is 1210. The van der Waals surface area contributed by atoms with Crippen molar-refractivity contribution in [1.82, 2.24) is 9.21 Å². The molecular weight excluding hydrogens is 497 g/mol. The number of fused-ring (bicyclic) bond motifs is 1. The van der Waals surface area contributed by atoms with Crippen molar-refractivity contribution in [2.24, 2.45) is 5.92 Å². The zero-order valence-corrected chi connectivity index (χ0v) is 21.1. The number of hydrogen-bond acceptors (Lipinski definition) is 6. The van der Waals surface area contributed by atoms with Crippen LogP contribution < -0.4 is 4.74 Å². The third kappa shape index (κ3) is 5.52. The minimum Gasteiger partial charge on any atom is -0.469 e. The van der Waals surface area contributed by atoms with Gasteiger partial charge < -0.3 is 9.47 Å². The molecule has 4 rings (SSSR count). The van der Waals surface area contributed by atoms with Gasteiger partial charge >= 0.3 is 12.3 Å². The van der Waals surface area contributed by atoms with Crippen LogP contribution in [0.4, 0.5) is 13.2 Å². The molecule has 0 amide bonds. The number of carbonyl (C=O) groups excluding carboxylic acids is 1. The third-order valence-corrected chi connectivity index (χ3v) is 8.93. The fourth-order valence-electron chi connectivity index (χ4n) is 5.38. The van der Waals surface area contributed by atoms with Gasteiger partial charge in [-0.15, -0.1) is 13.2 Å². The summed E-state index contributed by atoms with van der Waals surface area (Å²) in [5.74, 6) is -1.02. The fraction of sp³-hybridized carbons (Fsp3) is 0.480. The van der Waals surface area contributed by atoms with Crippen molar-refractivity contribution in [3.8, 4) is 5.75 Å². The maximum absolute atomic E-state index is 13.8. The highest BCUT2D eigenvalue weighted by Crippen LogP contribution is 2.36. The fourth-order valence-corrected chi connectivity index (χ4v) is 7.47. The molecule has 2 aliphatic rings. The highest BCUT2D eigenvalue weighted by molar-refractivity contribution is 7.89. The number of carbonyl (C=O) groups is 1. The maximum atomic E-state index is 13.8. The van der Waals surface area contributed by atoms with E-state index < -0.39 is 16.4 Å². The van der Waals surface area contributed by atoms with E-state index in [0.29, 0.717) is 38.0 Å². The molecule has 0 saturated carbocycles. The Balaban J connectivity index is 1.48. The van der Waals surface area contributed by atoms with E-state index in [0.717, 1.165) is 11.1 Å². The van der Waals surface area contributed by atoms with Gasteiger partial charge in [0.25, 0.3) is 0 Å². The molecule has 2 unspecified atom stereocenters. The van der Waals surface area contributed by atoms with E-state index in [9.17, 15) is 26.4 Å². The van der Waals surface area contributed by atoms with E-state index in [4.69, 9.17) is 4.74 Å². The highest BCUT2D eigenvalue weighted by atomic mass is 32.2. The first-order chi connectivity index (χ1) is 16.9. The van der Waals surface area contributed by atoms with Gasteiger partial charge in [-0.1, -0.05) is 24.3 Å². The molecule has 196 valence electrons. The monoisotopic (exact) mass is 526 g/mol. The minimum atomic E-state index is -4.74. The van der Waals surface area contributed by atoms with Crippen LogP contribution in [0.15, 0.2) is 47.4 Å². The number of alkyl halides is 3. The van der Waals surface area contributed by atoms with Crippen molar-refractivity contribution in [2.45, 2.75) is 56.6 Å². The number of sulfonamides is 1. The van der Waals surface area contributed by atoms with Gasteiger partial charge in [-0.3, -0.25) is 9.69 Å². The van der Waals surface area contributed by atoms with Crippen molar-refractivity contribution < 1.29 is 35.9 Å². The summed E-state index contributed by atoms with van der Waals surface area (Å²) < 4.78 is 75.1. The van der Waals surface area contributed by atoms with E-state index in [1.54, 1.807) is 24.3 Å². The Morgan fingerprint density at radius 1 is 1.03 bits per heavy atom. The van der Waals surface area contributed by atoms with Crippen molar-refractivity contribution in [2.75, 3.05) is 20.2 Å². The molecule has 2 aromatic carbocycles. The van der Waals surface area contributed by atoms with Crippen LogP contribution in [-0.2, 0) is 38.9 Å². The van der Waals surface area contributed by atoms with E-state index in [-0.39, 0.29) is 34.6 Å². The average Bonchev–Trinajstić information content (AvgIpc) is 3.22. The van der Waals surface area contributed by atoms with E-state index in [1.165, 1.54) is 23.5 Å². The van der Waals surface area contributed by atoms with Gasteiger partial charge in [0, 0.05) is 31.7 Å². The molecule has 1 fully saturated rings. The predicted molar refractivity (Wildman–Crippen MR) is 126 cm³/mol. The molecule has 0 N–H and O–H groups in total. The van der Waals surface area contributed by atoms with Crippen LogP contribution in [0.1, 0.15) is 30.5 Å². The summed E-state index contributed by atoms with van der Waals surface area (Å²) in [5.41, 5.74) is 2.33. The quantitative estimate of drug-likeness (QED) is 0.534. The molecular formula is C25H29F3N2O5S. The van der Waals surface area contributed by atoms with Crippen LogP contribution in [0.3, 0.4) is 0 Å². The molecule has 1 heterocycles. The van der Waals surface area contributed by atoms with Crippen LogP contribution in [0.25, 0.3) is 0 Å². The Morgan fingerprint density at radius 2 is 1.67 bits per heavy atom. The van der Waals surface area contributed by atoms with Crippen LogP contribution in [0.2, 0.25) is 0 Å². The summed E-state index contributed by atoms with van der Waals surface area (Å²) >= 11 is 0. The van der Waals surface area contributed by atoms with Gasteiger partial charge in [0.15, 0.2) is 0 Å². The second-order valence-corrected chi connectivity index (χ2v) is 11.3. The number of esters is 1. The Labute approximate surface area is 208 Å². The normalized spacial score (nSPS) is 23.3.